The van der Waals surface area contributed by atoms with Crippen LogP contribution in [0.1, 0.15) is 46.0 Å². The third kappa shape index (κ3) is 4.90. The lowest BCUT2D eigenvalue weighted by Crippen LogP contribution is -2.39. The van der Waals surface area contributed by atoms with Gasteiger partial charge in [-0.2, -0.15) is 5.26 Å². The highest BCUT2D eigenvalue weighted by molar-refractivity contribution is 6.00. The van der Waals surface area contributed by atoms with E-state index in [0.29, 0.717) is 22.4 Å². The standard InChI is InChI=1S/C28H29N3O3/c1-19-16-26(34-2)23(28(33)27(32)20-8-4-3-5-9-20)17-24(19)30-22-12-14-31(15-13-22)25-11-7-6-10-21(25)18-29/h3-11,16-17,22,28,30,33H,12-15H2,1-2H3. The Kier molecular flexibility index (Phi) is 7.15. The molecule has 1 fully saturated rings. The van der Waals surface area contributed by atoms with Gasteiger partial charge in [0.1, 0.15) is 17.9 Å². The fraction of sp³-hybridized carbons (Fsp3) is 0.286. The first-order valence-corrected chi connectivity index (χ1v) is 11.5. The number of para-hydroxylation sites is 1. The zero-order valence-electron chi connectivity index (χ0n) is 19.5. The second-order valence-corrected chi connectivity index (χ2v) is 8.58. The van der Waals surface area contributed by atoms with Gasteiger partial charge in [-0.1, -0.05) is 42.5 Å². The number of carbonyl (C=O) groups excluding carboxylic acids is 1. The first-order valence-electron chi connectivity index (χ1n) is 11.5. The summed E-state index contributed by atoms with van der Waals surface area (Å²) in [6.45, 7) is 3.67. The van der Waals surface area contributed by atoms with Crippen molar-refractivity contribution in [3.05, 3.63) is 89.0 Å². The predicted molar refractivity (Wildman–Crippen MR) is 133 cm³/mol. The summed E-state index contributed by atoms with van der Waals surface area (Å²) in [5.41, 5.74) is 4.45. The van der Waals surface area contributed by atoms with Crippen LogP contribution in [-0.2, 0) is 0 Å². The van der Waals surface area contributed by atoms with Gasteiger partial charge in [0, 0.05) is 35.9 Å². The first kappa shape index (κ1) is 23.3. The summed E-state index contributed by atoms with van der Waals surface area (Å²) < 4.78 is 5.49. The lowest BCUT2D eigenvalue weighted by Gasteiger charge is -2.35. The second-order valence-electron chi connectivity index (χ2n) is 8.58. The number of aryl methyl sites for hydroxylation is 1. The van der Waals surface area contributed by atoms with E-state index < -0.39 is 6.10 Å². The summed E-state index contributed by atoms with van der Waals surface area (Å²) in [7, 11) is 1.54. The predicted octanol–water partition coefficient (Wildman–Crippen LogP) is 4.87. The Hall–Kier alpha value is -3.82. The van der Waals surface area contributed by atoms with Gasteiger partial charge in [0.25, 0.3) is 0 Å². The van der Waals surface area contributed by atoms with Crippen LogP contribution in [0.2, 0.25) is 0 Å². The number of benzene rings is 3. The minimum Gasteiger partial charge on any atom is -0.496 e. The van der Waals surface area contributed by atoms with Crippen LogP contribution < -0.4 is 15.0 Å². The number of nitrogens with one attached hydrogen (secondary N) is 1. The summed E-state index contributed by atoms with van der Waals surface area (Å²) in [4.78, 5) is 15.1. The zero-order valence-corrected chi connectivity index (χ0v) is 19.5. The maximum absolute atomic E-state index is 12.9. The molecule has 1 aliphatic heterocycles. The molecule has 1 saturated heterocycles. The quantitative estimate of drug-likeness (QED) is 0.494. The van der Waals surface area contributed by atoms with Crippen LogP contribution in [-0.4, -0.2) is 37.1 Å². The normalized spacial score (nSPS) is 14.8. The van der Waals surface area contributed by atoms with Crippen LogP contribution in [0.5, 0.6) is 5.75 Å². The number of nitrogens with zero attached hydrogens (tertiary/aromatic N) is 2. The van der Waals surface area contributed by atoms with E-state index >= 15 is 0 Å². The van der Waals surface area contributed by atoms with Crippen molar-refractivity contribution in [2.45, 2.75) is 31.9 Å². The number of aliphatic hydroxyl groups excluding tert-OH is 1. The molecule has 1 unspecified atom stereocenters. The largest absolute Gasteiger partial charge is 0.496 e. The molecule has 4 rings (SSSR count). The highest BCUT2D eigenvalue weighted by Gasteiger charge is 2.25. The first-order chi connectivity index (χ1) is 16.5. The van der Waals surface area contributed by atoms with Gasteiger partial charge in [0.2, 0.25) is 0 Å². The van der Waals surface area contributed by atoms with E-state index in [-0.39, 0.29) is 11.8 Å². The van der Waals surface area contributed by atoms with E-state index in [2.05, 4.69) is 16.3 Å². The average Bonchev–Trinajstić information content (AvgIpc) is 2.89. The number of ketones is 1. The number of hydrogen-bond donors (Lipinski definition) is 2. The molecule has 3 aromatic rings. The monoisotopic (exact) mass is 455 g/mol. The van der Waals surface area contributed by atoms with Crippen molar-refractivity contribution in [1.82, 2.24) is 0 Å². The molecule has 0 radical (unpaired) electrons. The number of rotatable bonds is 7. The van der Waals surface area contributed by atoms with Gasteiger partial charge in [-0.25, -0.2) is 0 Å². The number of anilines is 2. The summed E-state index contributed by atoms with van der Waals surface area (Å²) in [6, 6.07) is 22.7. The molecule has 0 aromatic heterocycles. The second kappa shape index (κ2) is 10.4. The van der Waals surface area contributed by atoms with Crippen molar-refractivity contribution in [1.29, 1.82) is 5.26 Å². The van der Waals surface area contributed by atoms with Crippen molar-refractivity contribution in [3.8, 4) is 11.8 Å². The molecule has 6 heteroatoms. The van der Waals surface area contributed by atoms with Gasteiger partial charge in [0.05, 0.1) is 18.4 Å². The van der Waals surface area contributed by atoms with Gasteiger partial charge in [-0.15, -0.1) is 0 Å². The van der Waals surface area contributed by atoms with Crippen LogP contribution in [0.15, 0.2) is 66.7 Å². The number of piperidine rings is 1. The maximum atomic E-state index is 12.9. The van der Waals surface area contributed by atoms with Crippen LogP contribution in [0.4, 0.5) is 11.4 Å². The Morgan fingerprint density at radius 1 is 1.12 bits per heavy atom. The van der Waals surface area contributed by atoms with Crippen LogP contribution in [0.25, 0.3) is 0 Å². The average molecular weight is 456 g/mol. The molecule has 0 aliphatic carbocycles. The van der Waals surface area contributed by atoms with Crippen LogP contribution in [0, 0.1) is 18.3 Å². The fourth-order valence-corrected chi connectivity index (χ4v) is 4.47. The van der Waals surface area contributed by atoms with E-state index in [9.17, 15) is 15.2 Å². The van der Waals surface area contributed by atoms with Crippen LogP contribution in [0.3, 0.4) is 0 Å². The molecule has 3 aromatic carbocycles. The van der Waals surface area contributed by atoms with E-state index in [4.69, 9.17) is 4.74 Å². The molecule has 1 heterocycles. The Morgan fingerprint density at radius 3 is 2.47 bits per heavy atom. The van der Waals surface area contributed by atoms with Crippen LogP contribution >= 0.6 is 0 Å². The molecule has 1 aliphatic rings. The number of carbonyl (C=O) groups is 1. The summed E-state index contributed by atoms with van der Waals surface area (Å²) >= 11 is 0. The number of hydrogen-bond acceptors (Lipinski definition) is 6. The Balaban J connectivity index is 1.50. The lowest BCUT2D eigenvalue weighted by atomic mass is 9.96. The molecule has 0 amide bonds. The molecule has 174 valence electrons. The van der Waals surface area contributed by atoms with Crippen molar-refractivity contribution in [2.24, 2.45) is 0 Å². The number of methoxy groups -OCH3 is 1. The molecule has 0 saturated carbocycles. The van der Waals surface area contributed by atoms with E-state index in [1.54, 1.807) is 31.4 Å². The van der Waals surface area contributed by atoms with Gasteiger partial charge < -0.3 is 20.1 Å². The van der Waals surface area contributed by atoms with E-state index in [1.807, 2.05) is 49.4 Å². The van der Waals surface area contributed by atoms with Crippen molar-refractivity contribution < 1.29 is 14.6 Å². The molecular weight excluding hydrogens is 426 g/mol. The van der Waals surface area contributed by atoms with Crippen molar-refractivity contribution in [3.63, 3.8) is 0 Å². The molecule has 0 bridgehead atoms. The fourth-order valence-electron chi connectivity index (χ4n) is 4.47. The number of Topliss-reactive ketones (excluding diaryl/α,β-unsaturated/α-hetero) is 1. The topological polar surface area (TPSA) is 85.6 Å². The van der Waals surface area contributed by atoms with Gasteiger partial charge >= 0.3 is 0 Å². The number of nitriles is 1. The van der Waals surface area contributed by atoms with Gasteiger partial charge in [-0.3, -0.25) is 4.79 Å². The molecular formula is C28H29N3O3. The highest BCUT2D eigenvalue weighted by Crippen LogP contribution is 2.34. The van der Waals surface area contributed by atoms with E-state index in [0.717, 1.165) is 42.9 Å². The highest BCUT2D eigenvalue weighted by atomic mass is 16.5. The molecule has 2 N–H and O–H groups in total. The molecule has 1 atom stereocenters. The van der Waals surface area contributed by atoms with Gasteiger partial charge in [-0.05, 0) is 49.6 Å². The maximum Gasteiger partial charge on any atom is 0.195 e. The SMILES string of the molecule is COc1cc(C)c(NC2CCN(c3ccccc3C#N)CC2)cc1C(O)C(=O)c1ccccc1. The molecule has 0 spiro atoms. The molecule has 34 heavy (non-hydrogen) atoms. The third-order valence-electron chi connectivity index (χ3n) is 6.40. The number of aliphatic hydroxyl groups is 1. The lowest BCUT2D eigenvalue weighted by molar-refractivity contribution is 0.0742. The minimum absolute atomic E-state index is 0.243. The number of ether oxygens (including phenoxy) is 1. The van der Waals surface area contributed by atoms with E-state index in [1.165, 1.54) is 0 Å². The Morgan fingerprint density at radius 2 is 1.79 bits per heavy atom. The Labute approximate surface area is 200 Å². The zero-order chi connectivity index (χ0) is 24.1. The van der Waals surface area contributed by atoms with Crippen molar-refractivity contribution in [2.75, 3.05) is 30.4 Å². The van der Waals surface area contributed by atoms with Gasteiger partial charge in [0.15, 0.2) is 5.78 Å². The third-order valence-corrected chi connectivity index (χ3v) is 6.40. The molecule has 6 nitrogen and oxygen atoms in total. The summed E-state index contributed by atoms with van der Waals surface area (Å²) in [5.74, 6) is 0.126. The minimum atomic E-state index is -1.32. The summed E-state index contributed by atoms with van der Waals surface area (Å²) in [6.07, 6.45) is 0.501. The Bertz CT molecular complexity index is 1200. The smallest absolute Gasteiger partial charge is 0.195 e. The summed E-state index contributed by atoms with van der Waals surface area (Å²) in [5, 5.41) is 23.9. The van der Waals surface area contributed by atoms with Crippen molar-refractivity contribution >= 4 is 17.2 Å².